The molecular weight excluding hydrogens is 331 g/mol. The van der Waals surface area contributed by atoms with Crippen LogP contribution in [0.2, 0.25) is 0 Å². The van der Waals surface area contributed by atoms with Crippen molar-refractivity contribution in [3.63, 3.8) is 0 Å². The van der Waals surface area contributed by atoms with Gasteiger partial charge in [-0.25, -0.2) is 0 Å². The van der Waals surface area contributed by atoms with Gasteiger partial charge < -0.3 is 4.89 Å². The summed E-state index contributed by atoms with van der Waals surface area (Å²) in [4.78, 5) is 9.23. The van der Waals surface area contributed by atoms with Gasteiger partial charge in [-0.15, -0.1) is 0 Å². The highest BCUT2D eigenvalue weighted by Crippen LogP contribution is 2.40. The van der Waals surface area contributed by atoms with Gasteiger partial charge in [0, 0.05) is 0 Å². The first-order valence-corrected chi connectivity index (χ1v) is 10.4. The van der Waals surface area contributed by atoms with Gasteiger partial charge in [-0.1, -0.05) is 61.4 Å². The number of hydrogen-bond acceptors (Lipinski definition) is 2. The first-order valence-electron chi connectivity index (χ1n) is 9.13. The molecule has 1 aromatic rings. The van der Waals surface area contributed by atoms with E-state index in [-0.39, 0.29) is 0 Å². The average Bonchev–Trinajstić information content (AvgIpc) is 2.58. The van der Waals surface area contributed by atoms with Gasteiger partial charge in [0.05, 0.1) is 0 Å². The molecule has 0 saturated carbocycles. The van der Waals surface area contributed by atoms with Gasteiger partial charge in [0.1, 0.15) is 5.60 Å². The van der Waals surface area contributed by atoms with Crippen LogP contribution in [0.1, 0.15) is 71.4 Å². The molecule has 3 nitrogen and oxygen atoms in total. The fourth-order valence-electron chi connectivity index (χ4n) is 2.96. The van der Waals surface area contributed by atoms with Crippen LogP contribution in [0.15, 0.2) is 47.6 Å². The predicted octanol–water partition coefficient (Wildman–Crippen LogP) is 6.34. The third-order valence-electron chi connectivity index (χ3n) is 4.68. The van der Waals surface area contributed by atoms with Crippen LogP contribution < -0.4 is 0 Å². The van der Waals surface area contributed by atoms with E-state index in [1.54, 1.807) is 0 Å². The molecule has 140 valence electrons. The minimum Gasteiger partial charge on any atom is -0.326 e. The van der Waals surface area contributed by atoms with Gasteiger partial charge >= 0.3 is 8.25 Å². The van der Waals surface area contributed by atoms with Crippen molar-refractivity contribution in [2.24, 2.45) is 0 Å². The monoisotopic (exact) mass is 364 g/mol. The zero-order valence-electron chi connectivity index (χ0n) is 16.3. The van der Waals surface area contributed by atoms with Crippen molar-refractivity contribution < 1.29 is 14.0 Å². The molecule has 0 aliphatic heterocycles. The predicted molar refractivity (Wildman–Crippen MR) is 107 cm³/mol. The molecule has 1 unspecified atom stereocenters. The molecule has 1 aromatic carbocycles. The Kier molecular flexibility index (Phi) is 9.42. The van der Waals surface area contributed by atoms with Crippen LogP contribution in [0, 0.1) is 0 Å². The van der Waals surface area contributed by atoms with Gasteiger partial charge in [-0.05, 0) is 64.0 Å². The highest BCUT2D eigenvalue weighted by Gasteiger charge is 2.31. The van der Waals surface area contributed by atoms with Gasteiger partial charge in [-0.3, -0.25) is 9.09 Å². The average molecular weight is 364 g/mol. The molecule has 1 atom stereocenters. The minimum atomic E-state index is -2.97. The third kappa shape index (κ3) is 7.32. The topological polar surface area (TPSA) is 46.5 Å². The molecular formula is C21H33O3P. The number of allylic oxidation sites excluding steroid dienone is 4. The second kappa shape index (κ2) is 10.8. The summed E-state index contributed by atoms with van der Waals surface area (Å²) in [5, 5.41) is 0. The van der Waals surface area contributed by atoms with E-state index in [1.807, 2.05) is 26.0 Å². The summed E-state index contributed by atoms with van der Waals surface area (Å²) in [7, 11) is -2.97. The molecule has 0 saturated heterocycles. The smallest absolute Gasteiger partial charge is 0.317 e. The molecule has 0 spiro atoms. The quantitative estimate of drug-likeness (QED) is 0.389. The SMILES string of the molecule is CCC(CC)(O[PH](=O)O)c1ccc(CC=C(C)CCC=C(C)C)cc1. The molecule has 0 heterocycles. The Morgan fingerprint density at radius 2 is 1.72 bits per heavy atom. The van der Waals surface area contributed by atoms with Crippen molar-refractivity contribution in [3.8, 4) is 0 Å². The molecule has 0 amide bonds. The second-order valence-electron chi connectivity index (χ2n) is 6.84. The van der Waals surface area contributed by atoms with E-state index < -0.39 is 13.9 Å². The Hall–Kier alpha value is -1.15. The molecule has 1 N–H and O–H groups in total. The molecule has 4 heteroatoms. The van der Waals surface area contributed by atoms with Gasteiger partial charge in [-0.2, -0.15) is 0 Å². The van der Waals surface area contributed by atoms with Crippen LogP contribution in [0.25, 0.3) is 0 Å². The lowest BCUT2D eigenvalue weighted by Crippen LogP contribution is -2.25. The van der Waals surface area contributed by atoms with Crippen molar-refractivity contribution >= 4 is 8.25 Å². The molecule has 0 fully saturated rings. The van der Waals surface area contributed by atoms with Crippen LogP contribution >= 0.6 is 8.25 Å². The molecule has 0 aliphatic carbocycles. The zero-order chi connectivity index (χ0) is 18.9. The third-order valence-corrected chi connectivity index (χ3v) is 5.25. The lowest BCUT2D eigenvalue weighted by atomic mass is 9.88. The van der Waals surface area contributed by atoms with Crippen molar-refractivity contribution in [2.75, 3.05) is 0 Å². The summed E-state index contributed by atoms with van der Waals surface area (Å²) in [6.45, 7) is 10.4. The van der Waals surface area contributed by atoms with Crippen LogP contribution in [-0.2, 0) is 21.1 Å². The molecule has 25 heavy (non-hydrogen) atoms. The summed E-state index contributed by atoms with van der Waals surface area (Å²) in [5.74, 6) is 0. The number of rotatable bonds is 10. The normalized spacial score (nSPS) is 13.6. The fourth-order valence-corrected chi connectivity index (χ4v) is 3.70. The van der Waals surface area contributed by atoms with E-state index in [1.165, 1.54) is 16.7 Å². The van der Waals surface area contributed by atoms with Crippen molar-refractivity contribution in [3.05, 3.63) is 58.7 Å². The Bertz CT molecular complexity index is 607. The summed E-state index contributed by atoms with van der Waals surface area (Å²) in [6, 6.07) is 8.24. The Morgan fingerprint density at radius 1 is 1.12 bits per heavy atom. The van der Waals surface area contributed by atoms with Crippen LogP contribution in [0.3, 0.4) is 0 Å². The zero-order valence-corrected chi connectivity index (χ0v) is 17.3. The van der Waals surface area contributed by atoms with Crippen molar-refractivity contribution in [2.45, 2.75) is 72.3 Å². The largest absolute Gasteiger partial charge is 0.326 e. The lowest BCUT2D eigenvalue weighted by Gasteiger charge is -2.31. The maximum absolute atomic E-state index is 11.2. The summed E-state index contributed by atoms with van der Waals surface area (Å²) in [6.07, 6.45) is 8.99. The highest BCUT2D eigenvalue weighted by atomic mass is 31.1. The van der Waals surface area contributed by atoms with Crippen LogP contribution in [0.5, 0.6) is 0 Å². The Morgan fingerprint density at radius 3 is 2.20 bits per heavy atom. The molecule has 1 rings (SSSR count). The second-order valence-corrected chi connectivity index (χ2v) is 7.58. The Labute approximate surface area is 153 Å². The van der Waals surface area contributed by atoms with Gasteiger partial charge in [0.2, 0.25) is 0 Å². The van der Waals surface area contributed by atoms with E-state index in [9.17, 15) is 9.46 Å². The van der Waals surface area contributed by atoms with E-state index in [4.69, 9.17) is 4.52 Å². The fraction of sp³-hybridized carbons (Fsp3) is 0.524. The first-order chi connectivity index (χ1) is 11.8. The van der Waals surface area contributed by atoms with E-state index >= 15 is 0 Å². The standard InChI is InChI=1S/C21H33O3P/c1-6-21(7-2,24-25(22)23)20-15-13-19(14-16-20)12-11-18(5)10-8-9-17(3)4/h9,11,13-16,25H,6-8,10,12H2,1-5H3,(H,22,23). The lowest BCUT2D eigenvalue weighted by molar-refractivity contribution is 0.0536. The summed E-state index contributed by atoms with van der Waals surface area (Å²) in [5.41, 5.74) is 4.31. The highest BCUT2D eigenvalue weighted by molar-refractivity contribution is 7.32. The molecule has 0 bridgehead atoms. The van der Waals surface area contributed by atoms with Gasteiger partial charge in [0.15, 0.2) is 0 Å². The molecule has 0 radical (unpaired) electrons. The van der Waals surface area contributed by atoms with Crippen molar-refractivity contribution in [1.29, 1.82) is 0 Å². The van der Waals surface area contributed by atoms with E-state index in [0.717, 1.165) is 24.8 Å². The van der Waals surface area contributed by atoms with E-state index in [2.05, 4.69) is 45.1 Å². The van der Waals surface area contributed by atoms with E-state index in [0.29, 0.717) is 12.8 Å². The summed E-state index contributed by atoms with van der Waals surface area (Å²) >= 11 is 0. The Balaban J connectivity index is 2.78. The minimum absolute atomic E-state index is 0.667. The number of hydrogen-bond donors (Lipinski definition) is 1. The summed E-state index contributed by atoms with van der Waals surface area (Å²) < 4.78 is 16.6. The maximum atomic E-state index is 11.2. The number of benzene rings is 1. The molecule has 0 aliphatic rings. The first kappa shape index (κ1) is 21.9. The molecule has 0 aromatic heterocycles. The van der Waals surface area contributed by atoms with Crippen molar-refractivity contribution in [1.82, 2.24) is 0 Å². The van der Waals surface area contributed by atoms with Crippen LogP contribution in [-0.4, -0.2) is 4.89 Å². The maximum Gasteiger partial charge on any atom is 0.317 e. The van der Waals surface area contributed by atoms with Crippen LogP contribution in [0.4, 0.5) is 0 Å². The van der Waals surface area contributed by atoms with Gasteiger partial charge in [0.25, 0.3) is 0 Å².